The number of carbonyl (C=O) groups excluding carboxylic acids is 2. The van der Waals surface area contributed by atoms with Crippen LogP contribution in [0, 0.1) is 11.8 Å². The van der Waals surface area contributed by atoms with E-state index in [-0.39, 0.29) is 23.3 Å². The molecule has 130 valence electrons. The number of amides is 2. The summed E-state index contributed by atoms with van der Waals surface area (Å²) in [6, 6.07) is 5.44. The third kappa shape index (κ3) is 4.34. The van der Waals surface area contributed by atoms with Crippen molar-refractivity contribution in [2.24, 2.45) is 11.8 Å². The Bertz CT molecular complexity index is 719. The Kier molecular flexibility index (Phi) is 5.95. The first-order valence-electron chi connectivity index (χ1n) is 8.43. The van der Waals surface area contributed by atoms with Crippen molar-refractivity contribution >= 4 is 17.3 Å². The number of nitrogens with one attached hydrogen (secondary N) is 2. The Morgan fingerprint density at radius 1 is 1.08 bits per heavy atom. The third-order valence-electron chi connectivity index (χ3n) is 3.64. The molecule has 0 aliphatic rings. The Morgan fingerprint density at radius 2 is 1.83 bits per heavy atom. The lowest BCUT2D eigenvalue weighted by Gasteiger charge is -2.06. The molecule has 6 heteroatoms. The van der Waals surface area contributed by atoms with Crippen LogP contribution in [0.4, 0.5) is 0 Å². The second-order valence-corrected chi connectivity index (χ2v) is 6.78. The summed E-state index contributed by atoms with van der Waals surface area (Å²) in [6.07, 6.45) is 2.65. The van der Waals surface area contributed by atoms with Crippen LogP contribution in [0.15, 0.2) is 24.4 Å². The summed E-state index contributed by atoms with van der Waals surface area (Å²) in [6.45, 7) is 9.43. The highest BCUT2D eigenvalue weighted by Crippen LogP contribution is 2.13. The van der Waals surface area contributed by atoms with Crippen molar-refractivity contribution in [1.29, 1.82) is 0 Å². The molecule has 2 rings (SSSR count). The largest absolute Gasteiger partial charge is 0.350 e. The molecule has 6 nitrogen and oxygen atoms in total. The van der Waals surface area contributed by atoms with Gasteiger partial charge in [0.1, 0.15) is 0 Å². The highest BCUT2D eigenvalue weighted by Gasteiger charge is 2.21. The summed E-state index contributed by atoms with van der Waals surface area (Å²) in [5, 5.41) is 5.73. The molecule has 0 atom stereocenters. The number of carbonyl (C=O) groups is 2. The van der Waals surface area contributed by atoms with E-state index in [2.05, 4.69) is 29.5 Å². The van der Waals surface area contributed by atoms with E-state index in [1.54, 1.807) is 16.7 Å². The van der Waals surface area contributed by atoms with Crippen molar-refractivity contribution in [2.75, 3.05) is 13.1 Å². The number of fused-ring (bicyclic) bond motifs is 1. The molecule has 0 saturated carbocycles. The maximum atomic E-state index is 12.4. The van der Waals surface area contributed by atoms with E-state index in [0.29, 0.717) is 30.4 Å². The number of pyridine rings is 1. The predicted molar refractivity (Wildman–Crippen MR) is 94.2 cm³/mol. The molecule has 0 unspecified atom stereocenters. The molecule has 2 N–H and O–H groups in total. The number of imidazole rings is 1. The Hall–Kier alpha value is -2.37. The maximum Gasteiger partial charge on any atom is 0.287 e. The lowest BCUT2D eigenvalue weighted by Crippen LogP contribution is -2.28. The zero-order chi connectivity index (χ0) is 17.7. The molecule has 2 heterocycles. The van der Waals surface area contributed by atoms with Gasteiger partial charge in [-0.2, -0.15) is 0 Å². The highest BCUT2D eigenvalue weighted by atomic mass is 16.2. The summed E-state index contributed by atoms with van der Waals surface area (Å²) < 4.78 is 1.66. The van der Waals surface area contributed by atoms with Gasteiger partial charge in [-0.05, 0) is 30.4 Å². The molecular formula is C18H26N4O2. The van der Waals surface area contributed by atoms with Gasteiger partial charge in [-0.1, -0.05) is 33.8 Å². The second kappa shape index (κ2) is 7.95. The van der Waals surface area contributed by atoms with Crippen molar-refractivity contribution in [3.8, 4) is 0 Å². The van der Waals surface area contributed by atoms with Crippen molar-refractivity contribution in [3.05, 3.63) is 35.9 Å². The summed E-state index contributed by atoms with van der Waals surface area (Å²) in [7, 11) is 0. The van der Waals surface area contributed by atoms with Crippen molar-refractivity contribution in [2.45, 2.75) is 34.1 Å². The van der Waals surface area contributed by atoms with Gasteiger partial charge in [0.2, 0.25) is 5.82 Å². The van der Waals surface area contributed by atoms with Gasteiger partial charge < -0.3 is 10.6 Å². The van der Waals surface area contributed by atoms with E-state index in [9.17, 15) is 9.59 Å². The first-order valence-corrected chi connectivity index (χ1v) is 8.43. The first-order chi connectivity index (χ1) is 11.4. The van der Waals surface area contributed by atoms with Gasteiger partial charge in [0.25, 0.3) is 11.8 Å². The van der Waals surface area contributed by atoms with E-state index >= 15 is 0 Å². The van der Waals surface area contributed by atoms with Gasteiger partial charge in [0.15, 0.2) is 5.69 Å². The molecule has 0 saturated heterocycles. The quantitative estimate of drug-likeness (QED) is 0.819. The molecule has 2 aromatic heterocycles. The SMILES string of the molecule is CC(C)CCNC(=O)c1nc(C(=O)NCC(C)C)c2ccccn12. The fourth-order valence-electron chi connectivity index (χ4n) is 2.30. The second-order valence-electron chi connectivity index (χ2n) is 6.78. The van der Waals surface area contributed by atoms with Crippen LogP contribution in [0.5, 0.6) is 0 Å². The van der Waals surface area contributed by atoms with Gasteiger partial charge in [-0.3, -0.25) is 14.0 Å². The van der Waals surface area contributed by atoms with Crippen LogP contribution in [-0.4, -0.2) is 34.3 Å². The van der Waals surface area contributed by atoms with Crippen LogP contribution >= 0.6 is 0 Å². The maximum absolute atomic E-state index is 12.4. The fraction of sp³-hybridized carbons (Fsp3) is 0.500. The lowest BCUT2D eigenvalue weighted by atomic mass is 10.1. The number of aromatic nitrogens is 2. The van der Waals surface area contributed by atoms with Crippen molar-refractivity contribution < 1.29 is 9.59 Å². The number of nitrogens with zero attached hydrogens (tertiary/aromatic N) is 2. The minimum Gasteiger partial charge on any atom is -0.350 e. The standard InChI is InChI=1S/C18H26N4O2/c1-12(2)8-9-19-18(24)16-21-15(17(23)20-11-13(3)4)14-7-5-6-10-22(14)16/h5-7,10,12-13H,8-9,11H2,1-4H3,(H,19,24)(H,20,23). The van der Waals surface area contributed by atoms with Gasteiger partial charge in [0.05, 0.1) is 5.52 Å². The van der Waals surface area contributed by atoms with Crippen LogP contribution < -0.4 is 10.6 Å². The summed E-state index contributed by atoms with van der Waals surface area (Å²) in [4.78, 5) is 29.1. The predicted octanol–water partition coefficient (Wildman–Crippen LogP) is 2.50. The zero-order valence-corrected chi connectivity index (χ0v) is 14.8. The smallest absolute Gasteiger partial charge is 0.287 e. The fourth-order valence-corrected chi connectivity index (χ4v) is 2.30. The number of rotatable bonds is 7. The van der Waals surface area contributed by atoms with Gasteiger partial charge >= 0.3 is 0 Å². The monoisotopic (exact) mass is 330 g/mol. The number of hydrogen-bond donors (Lipinski definition) is 2. The lowest BCUT2D eigenvalue weighted by molar-refractivity contribution is 0.0940. The Labute approximate surface area is 142 Å². The highest BCUT2D eigenvalue weighted by molar-refractivity contribution is 6.02. The Balaban J connectivity index is 2.25. The summed E-state index contributed by atoms with van der Waals surface area (Å²) >= 11 is 0. The van der Waals surface area contributed by atoms with Gasteiger partial charge in [0, 0.05) is 19.3 Å². The van der Waals surface area contributed by atoms with E-state index < -0.39 is 0 Å². The van der Waals surface area contributed by atoms with Crippen LogP contribution in [0.3, 0.4) is 0 Å². The molecule has 0 bridgehead atoms. The third-order valence-corrected chi connectivity index (χ3v) is 3.64. The van der Waals surface area contributed by atoms with E-state index in [1.807, 2.05) is 26.0 Å². The van der Waals surface area contributed by atoms with Gasteiger partial charge in [-0.25, -0.2) is 4.98 Å². The molecule has 0 spiro atoms. The molecule has 0 aliphatic heterocycles. The zero-order valence-electron chi connectivity index (χ0n) is 14.8. The summed E-state index contributed by atoms with van der Waals surface area (Å²) in [5.41, 5.74) is 0.915. The van der Waals surface area contributed by atoms with E-state index in [4.69, 9.17) is 0 Å². The molecular weight excluding hydrogens is 304 g/mol. The summed E-state index contributed by atoms with van der Waals surface area (Å²) in [5.74, 6) is 0.582. The van der Waals surface area contributed by atoms with Crippen LogP contribution in [0.1, 0.15) is 55.2 Å². The molecule has 0 aliphatic carbocycles. The molecule has 2 amide bonds. The molecule has 2 aromatic rings. The molecule has 0 fully saturated rings. The van der Waals surface area contributed by atoms with Crippen LogP contribution in [-0.2, 0) is 0 Å². The Morgan fingerprint density at radius 3 is 2.50 bits per heavy atom. The first kappa shape index (κ1) is 18.0. The molecule has 24 heavy (non-hydrogen) atoms. The molecule has 0 aromatic carbocycles. The van der Waals surface area contributed by atoms with Crippen molar-refractivity contribution in [1.82, 2.24) is 20.0 Å². The van der Waals surface area contributed by atoms with Crippen LogP contribution in [0.25, 0.3) is 5.52 Å². The topological polar surface area (TPSA) is 75.5 Å². The molecule has 0 radical (unpaired) electrons. The average molecular weight is 330 g/mol. The normalized spacial score (nSPS) is 11.2. The minimum atomic E-state index is -0.264. The number of hydrogen-bond acceptors (Lipinski definition) is 3. The van der Waals surface area contributed by atoms with Crippen LogP contribution in [0.2, 0.25) is 0 Å². The van der Waals surface area contributed by atoms with E-state index in [0.717, 1.165) is 6.42 Å². The van der Waals surface area contributed by atoms with E-state index in [1.165, 1.54) is 0 Å². The average Bonchev–Trinajstić information content (AvgIpc) is 2.92. The van der Waals surface area contributed by atoms with Gasteiger partial charge in [-0.15, -0.1) is 0 Å². The van der Waals surface area contributed by atoms with Crippen molar-refractivity contribution in [3.63, 3.8) is 0 Å². The minimum absolute atomic E-state index is 0.240.